The summed E-state index contributed by atoms with van der Waals surface area (Å²) in [6, 6.07) is 3.42. The van der Waals surface area contributed by atoms with Crippen LogP contribution in [0, 0.1) is 12.3 Å². The lowest BCUT2D eigenvalue weighted by atomic mass is 9.89. The van der Waals surface area contributed by atoms with Crippen LogP contribution < -0.4 is 9.47 Å². The van der Waals surface area contributed by atoms with Gasteiger partial charge in [-0.3, -0.25) is 4.79 Å². The zero-order chi connectivity index (χ0) is 14.2. The lowest BCUT2D eigenvalue weighted by Crippen LogP contribution is -2.24. The highest BCUT2D eigenvalue weighted by Gasteiger charge is 2.57. The second-order valence-corrected chi connectivity index (χ2v) is 4.92. The number of aliphatic hydroxyl groups excluding tert-OH is 1. The molecule has 1 aromatic carbocycles. The predicted molar refractivity (Wildman–Crippen MR) is 68.5 cm³/mol. The minimum atomic E-state index is -1.06. The van der Waals surface area contributed by atoms with Crippen LogP contribution in [0.3, 0.4) is 0 Å². The molecule has 1 unspecified atom stereocenters. The van der Waals surface area contributed by atoms with Crippen molar-refractivity contribution in [1.82, 2.24) is 0 Å². The standard InChI is InChI=1S/C14H18O5/c1-8-6-9(18-2)7-10(19-3)11(8)12(15)14(4-5-14)13(16)17/h6-7,12,15H,4-5H2,1-3H3,(H,16,17). The van der Waals surface area contributed by atoms with E-state index in [4.69, 9.17) is 9.47 Å². The number of carboxylic acid groups (broad SMARTS) is 1. The quantitative estimate of drug-likeness (QED) is 0.851. The number of aliphatic hydroxyl groups is 1. The summed E-state index contributed by atoms with van der Waals surface area (Å²) in [6.07, 6.45) is -0.0955. The van der Waals surface area contributed by atoms with E-state index in [1.54, 1.807) is 19.2 Å². The van der Waals surface area contributed by atoms with Crippen LogP contribution in [-0.2, 0) is 4.79 Å². The molecule has 2 N–H and O–H groups in total. The average molecular weight is 266 g/mol. The SMILES string of the molecule is COc1cc(C)c(C(O)C2(C(=O)O)CC2)c(OC)c1. The summed E-state index contributed by atoms with van der Waals surface area (Å²) in [6.45, 7) is 1.81. The molecule has 5 nitrogen and oxygen atoms in total. The Hall–Kier alpha value is -1.75. The summed E-state index contributed by atoms with van der Waals surface area (Å²) in [7, 11) is 3.04. The van der Waals surface area contributed by atoms with E-state index in [1.165, 1.54) is 7.11 Å². The molecule has 1 saturated carbocycles. The van der Waals surface area contributed by atoms with Gasteiger partial charge in [0.2, 0.25) is 0 Å². The lowest BCUT2D eigenvalue weighted by molar-refractivity contribution is -0.148. The largest absolute Gasteiger partial charge is 0.497 e. The molecule has 1 aliphatic rings. The van der Waals surface area contributed by atoms with Crippen molar-refractivity contribution in [3.63, 3.8) is 0 Å². The third-order valence-corrected chi connectivity index (χ3v) is 3.79. The Morgan fingerprint density at radius 1 is 1.32 bits per heavy atom. The molecule has 104 valence electrons. The van der Waals surface area contributed by atoms with Gasteiger partial charge in [0.05, 0.1) is 25.7 Å². The molecule has 1 fully saturated rings. The summed E-state index contributed by atoms with van der Waals surface area (Å²) in [5, 5.41) is 19.7. The third-order valence-electron chi connectivity index (χ3n) is 3.79. The maximum Gasteiger partial charge on any atom is 0.312 e. The first-order valence-corrected chi connectivity index (χ1v) is 6.10. The molecule has 0 saturated heterocycles. The normalized spacial score (nSPS) is 17.7. The Morgan fingerprint density at radius 3 is 2.37 bits per heavy atom. The number of aryl methyl sites for hydroxylation is 1. The maximum absolute atomic E-state index is 11.3. The van der Waals surface area contributed by atoms with Crippen LogP contribution in [0.1, 0.15) is 30.1 Å². The molecule has 1 aromatic rings. The van der Waals surface area contributed by atoms with Gasteiger partial charge in [-0.1, -0.05) is 0 Å². The van der Waals surface area contributed by atoms with Crippen LogP contribution in [0.25, 0.3) is 0 Å². The van der Waals surface area contributed by atoms with E-state index in [-0.39, 0.29) is 0 Å². The molecule has 0 aromatic heterocycles. The Kier molecular flexibility index (Phi) is 3.41. The Labute approximate surface area is 111 Å². The number of carboxylic acids is 1. The van der Waals surface area contributed by atoms with Gasteiger partial charge in [-0.2, -0.15) is 0 Å². The summed E-state index contributed by atoms with van der Waals surface area (Å²) < 4.78 is 10.4. The number of hydrogen-bond acceptors (Lipinski definition) is 4. The zero-order valence-electron chi connectivity index (χ0n) is 11.3. The first-order valence-electron chi connectivity index (χ1n) is 6.10. The monoisotopic (exact) mass is 266 g/mol. The number of aliphatic carboxylic acids is 1. The summed E-state index contributed by atoms with van der Waals surface area (Å²) >= 11 is 0. The highest BCUT2D eigenvalue weighted by atomic mass is 16.5. The van der Waals surface area contributed by atoms with E-state index >= 15 is 0 Å². The molecule has 0 radical (unpaired) electrons. The van der Waals surface area contributed by atoms with Crippen LogP contribution in [0.2, 0.25) is 0 Å². The molecule has 0 aliphatic heterocycles. The van der Waals surface area contributed by atoms with Crippen molar-refractivity contribution in [3.05, 3.63) is 23.3 Å². The van der Waals surface area contributed by atoms with Crippen LogP contribution >= 0.6 is 0 Å². The number of rotatable bonds is 5. The summed E-state index contributed by atoms with van der Waals surface area (Å²) in [5.74, 6) is 0.111. The molecule has 19 heavy (non-hydrogen) atoms. The van der Waals surface area contributed by atoms with Crippen molar-refractivity contribution in [2.75, 3.05) is 14.2 Å². The number of ether oxygens (including phenoxy) is 2. The van der Waals surface area contributed by atoms with Crippen molar-refractivity contribution in [2.24, 2.45) is 5.41 Å². The van der Waals surface area contributed by atoms with Gasteiger partial charge in [0.15, 0.2) is 0 Å². The van der Waals surface area contributed by atoms with Crippen LogP contribution in [0.15, 0.2) is 12.1 Å². The van der Waals surface area contributed by atoms with Crippen LogP contribution in [0.4, 0.5) is 0 Å². The molecule has 0 heterocycles. The lowest BCUT2D eigenvalue weighted by Gasteiger charge is -2.23. The summed E-state index contributed by atoms with van der Waals surface area (Å²) in [5.41, 5.74) is 0.228. The Balaban J connectivity index is 2.47. The fraction of sp³-hybridized carbons (Fsp3) is 0.500. The van der Waals surface area contributed by atoms with E-state index in [0.29, 0.717) is 29.9 Å². The second kappa shape index (κ2) is 4.74. The van der Waals surface area contributed by atoms with Gasteiger partial charge in [0.1, 0.15) is 11.5 Å². The van der Waals surface area contributed by atoms with Crippen molar-refractivity contribution in [3.8, 4) is 11.5 Å². The highest BCUT2D eigenvalue weighted by molar-refractivity contribution is 5.79. The molecule has 1 atom stereocenters. The molecule has 0 spiro atoms. The highest BCUT2D eigenvalue weighted by Crippen LogP contribution is 2.57. The fourth-order valence-electron chi connectivity index (χ4n) is 2.39. The average Bonchev–Trinajstić information content (AvgIpc) is 3.18. The minimum Gasteiger partial charge on any atom is -0.497 e. The number of benzene rings is 1. The van der Waals surface area contributed by atoms with E-state index in [2.05, 4.69) is 0 Å². The van der Waals surface area contributed by atoms with Crippen molar-refractivity contribution >= 4 is 5.97 Å². The van der Waals surface area contributed by atoms with Crippen molar-refractivity contribution in [1.29, 1.82) is 0 Å². The second-order valence-electron chi connectivity index (χ2n) is 4.92. The molecule has 0 bridgehead atoms. The predicted octanol–water partition coefficient (Wildman–Crippen LogP) is 1.91. The molecular weight excluding hydrogens is 248 g/mol. The van der Waals surface area contributed by atoms with Crippen molar-refractivity contribution < 1.29 is 24.5 Å². The third kappa shape index (κ3) is 2.14. The first kappa shape index (κ1) is 13.7. The minimum absolute atomic E-state index is 0.455. The fourth-order valence-corrected chi connectivity index (χ4v) is 2.39. The van der Waals surface area contributed by atoms with Gasteiger partial charge >= 0.3 is 5.97 Å². The Bertz CT molecular complexity index is 505. The molecule has 0 amide bonds. The maximum atomic E-state index is 11.3. The van der Waals surface area contributed by atoms with Gasteiger partial charge in [-0.25, -0.2) is 0 Å². The van der Waals surface area contributed by atoms with E-state index in [1.807, 2.05) is 6.92 Å². The number of methoxy groups -OCH3 is 2. The molecule has 1 aliphatic carbocycles. The molecular formula is C14H18O5. The molecule has 2 rings (SSSR count). The van der Waals surface area contributed by atoms with Gasteiger partial charge in [0, 0.05) is 11.6 Å². The van der Waals surface area contributed by atoms with Crippen molar-refractivity contribution in [2.45, 2.75) is 25.9 Å². The van der Waals surface area contributed by atoms with E-state index in [9.17, 15) is 15.0 Å². The van der Waals surface area contributed by atoms with Crippen LogP contribution in [-0.4, -0.2) is 30.4 Å². The topological polar surface area (TPSA) is 76.0 Å². The number of carbonyl (C=O) groups is 1. The van der Waals surface area contributed by atoms with Gasteiger partial charge in [-0.15, -0.1) is 0 Å². The van der Waals surface area contributed by atoms with Gasteiger partial charge < -0.3 is 19.7 Å². The number of hydrogen-bond donors (Lipinski definition) is 2. The van der Waals surface area contributed by atoms with Gasteiger partial charge in [0.25, 0.3) is 0 Å². The van der Waals surface area contributed by atoms with E-state index < -0.39 is 17.5 Å². The van der Waals surface area contributed by atoms with E-state index in [0.717, 1.165) is 5.56 Å². The Morgan fingerprint density at radius 2 is 1.95 bits per heavy atom. The van der Waals surface area contributed by atoms with Crippen LogP contribution in [0.5, 0.6) is 11.5 Å². The van der Waals surface area contributed by atoms with Gasteiger partial charge in [-0.05, 0) is 31.4 Å². The zero-order valence-corrected chi connectivity index (χ0v) is 11.3. The first-order chi connectivity index (χ1) is 8.96. The molecule has 5 heteroatoms. The summed E-state index contributed by atoms with van der Waals surface area (Å²) in [4.78, 5) is 11.3. The smallest absolute Gasteiger partial charge is 0.312 e.